The van der Waals surface area contributed by atoms with Crippen LogP contribution in [0, 0.1) is 11.6 Å². The minimum Gasteiger partial charge on any atom is -0.419 e. The summed E-state index contributed by atoms with van der Waals surface area (Å²) in [5, 5.41) is 2.33. The number of anilines is 1. The molecule has 106 valence electrons. The zero-order valence-corrected chi connectivity index (χ0v) is 10.7. The van der Waals surface area contributed by atoms with Gasteiger partial charge in [-0.25, -0.2) is 18.4 Å². The maximum absolute atomic E-state index is 13.4. The largest absolute Gasteiger partial charge is 0.419 e. The minimum absolute atomic E-state index is 0.220. The molecular weight excluding hydrogens is 272 g/mol. The smallest absolute Gasteiger partial charge is 0.350 e. The first-order valence-electron chi connectivity index (χ1n) is 5.67. The van der Waals surface area contributed by atoms with Gasteiger partial charge in [0.15, 0.2) is 5.57 Å². The van der Waals surface area contributed by atoms with Crippen molar-refractivity contribution in [1.29, 1.82) is 0 Å². The van der Waals surface area contributed by atoms with Crippen LogP contribution in [0.2, 0.25) is 0 Å². The molecule has 0 bridgehead atoms. The van der Waals surface area contributed by atoms with Gasteiger partial charge in [-0.3, -0.25) is 0 Å². The highest BCUT2D eigenvalue weighted by Crippen LogP contribution is 2.23. The molecule has 0 spiro atoms. The molecule has 7 heteroatoms. The highest BCUT2D eigenvalue weighted by Gasteiger charge is 2.38. The van der Waals surface area contributed by atoms with Crippen molar-refractivity contribution < 1.29 is 27.8 Å². The fraction of sp³-hybridized carbons (Fsp3) is 0.231. The van der Waals surface area contributed by atoms with Gasteiger partial charge in [-0.15, -0.1) is 0 Å². The normalized spacial score (nSPS) is 17.3. The van der Waals surface area contributed by atoms with E-state index in [0.29, 0.717) is 0 Å². The Morgan fingerprint density at radius 2 is 1.75 bits per heavy atom. The molecule has 0 unspecified atom stereocenters. The van der Waals surface area contributed by atoms with Gasteiger partial charge in [0, 0.05) is 26.1 Å². The van der Waals surface area contributed by atoms with Crippen LogP contribution in [-0.4, -0.2) is 17.7 Å². The van der Waals surface area contributed by atoms with Crippen molar-refractivity contribution in [3.8, 4) is 0 Å². The van der Waals surface area contributed by atoms with E-state index in [1.807, 2.05) is 0 Å². The number of halogens is 2. The van der Waals surface area contributed by atoms with E-state index in [1.54, 1.807) is 0 Å². The van der Waals surface area contributed by atoms with Crippen LogP contribution in [0.4, 0.5) is 14.5 Å². The van der Waals surface area contributed by atoms with Crippen molar-refractivity contribution in [2.75, 3.05) is 5.32 Å². The number of benzene rings is 1. The maximum Gasteiger partial charge on any atom is 0.350 e. The first-order valence-corrected chi connectivity index (χ1v) is 5.67. The lowest BCUT2D eigenvalue weighted by Crippen LogP contribution is -2.42. The second-order valence-electron chi connectivity index (χ2n) is 4.51. The van der Waals surface area contributed by atoms with Crippen molar-refractivity contribution in [2.24, 2.45) is 0 Å². The maximum atomic E-state index is 13.4. The van der Waals surface area contributed by atoms with Gasteiger partial charge in [-0.05, 0) is 12.1 Å². The van der Waals surface area contributed by atoms with Gasteiger partial charge >= 0.3 is 11.9 Å². The quantitative estimate of drug-likeness (QED) is 0.511. The van der Waals surface area contributed by atoms with Gasteiger partial charge in [-0.2, -0.15) is 0 Å². The third-order valence-electron chi connectivity index (χ3n) is 2.42. The van der Waals surface area contributed by atoms with Crippen molar-refractivity contribution in [1.82, 2.24) is 0 Å². The predicted octanol–water partition coefficient (Wildman–Crippen LogP) is 2.10. The number of hydrogen-bond donors (Lipinski definition) is 1. The molecule has 20 heavy (non-hydrogen) atoms. The van der Waals surface area contributed by atoms with E-state index in [9.17, 15) is 18.4 Å². The van der Waals surface area contributed by atoms with E-state index in [-0.39, 0.29) is 5.69 Å². The van der Waals surface area contributed by atoms with Gasteiger partial charge in [-0.1, -0.05) is 0 Å². The van der Waals surface area contributed by atoms with Crippen LogP contribution in [0.25, 0.3) is 0 Å². The molecule has 1 fully saturated rings. The Balaban J connectivity index is 2.21. The molecule has 0 aromatic heterocycles. The standard InChI is InChI=1S/C13H11F2NO4/c1-13(2)19-11(17)8(12(18)20-13)6-16-10-5-7(14)3-4-9(10)15/h3-6,16H,1-2H3. The second kappa shape index (κ2) is 4.92. The summed E-state index contributed by atoms with van der Waals surface area (Å²) in [5.74, 6) is -4.57. The van der Waals surface area contributed by atoms with Crippen molar-refractivity contribution in [3.05, 3.63) is 41.6 Å². The predicted molar refractivity (Wildman–Crippen MR) is 64.3 cm³/mol. The molecule has 0 saturated carbocycles. The van der Waals surface area contributed by atoms with Crippen LogP contribution in [0.5, 0.6) is 0 Å². The molecule has 0 atom stereocenters. The van der Waals surface area contributed by atoms with Crippen molar-refractivity contribution in [2.45, 2.75) is 19.6 Å². The monoisotopic (exact) mass is 283 g/mol. The molecule has 0 amide bonds. The van der Waals surface area contributed by atoms with Crippen molar-refractivity contribution in [3.63, 3.8) is 0 Å². The molecule has 1 aromatic carbocycles. The Morgan fingerprint density at radius 3 is 2.35 bits per heavy atom. The number of carbonyl (C=O) groups excluding carboxylic acids is 2. The van der Waals surface area contributed by atoms with Crippen molar-refractivity contribution >= 4 is 17.6 Å². The van der Waals surface area contributed by atoms with E-state index < -0.39 is 34.9 Å². The average Bonchev–Trinajstić information content (AvgIpc) is 2.30. The Labute approximate surface area is 113 Å². The molecule has 1 heterocycles. The Hall–Kier alpha value is -2.44. The summed E-state index contributed by atoms with van der Waals surface area (Å²) < 4.78 is 36.0. The summed E-state index contributed by atoms with van der Waals surface area (Å²) in [6.07, 6.45) is 0.914. The van der Waals surface area contributed by atoms with Gasteiger partial charge in [0.25, 0.3) is 5.79 Å². The number of rotatable bonds is 2. The third-order valence-corrected chi connectivity index (χ3v) is 2.42. The van der Waals surface area contributed by atoms with E-state index >= 15 is 0 Å². The van der Waals surface area contributed by atoms with Crippen LogP contribution < -0.4 is 5.32 Å². The molecule has 1 aliphatic rings. The topological polar surface area (TPSA) is 64.6 Å². The number of hydrogen-bond acceptors (Lipinski definition) is 5. The number of carbonyl (C=O) groups is 2. The molecule has 5 nitrogen and oxygen atoms in total. The Kier molecular flexibility index (Phi) is 3.44. The van der Waals surface area contributed by atoms with Gasteiger partial charge < -0.3 is 14.8 Å². The number of nitrogens with one attached hydrogen (secondary N) is 1. The lowest BCUT2D eigenvalue weighted by molar-refractivity contribution is -0.222. The summed E-state index contributed by atoms with van der Waals surface area (Å²) in [7, 11) is 0. The first kappa shape index (κ1) is 14.0. The lowest BCUT2D eigenvalue weighted by Gasteiger charge is -2.29. The molecule has 0 aliphatic carbocycles. The summed E-state index contributed by atoms with van der Waals surface area (Å²) in [6, 6.07) is 2.74. The van der Waals surface area contributed by atoms with E-state index in [1.165, 1.54) is 13.8 Å². The zero-order chi connectivity index (χ0) is 14.9. The second-order valence-corrected chi connectivity index (χ2v) is 4.51. The number of esters is 2. The van der Waals surface area contributed by atoms with Crippen LogP contribution in [0.1, 0.15) is 13.8 Å². The summed E-state index contributed by atoms with van der Waals surface area (Å²) in [5.41, 5.74) is -0.657. The summed E-state index contributed by atoms with van der Waals surface area (Å²) in [4.78, 5) is 23.2. The van der Waals surface area contributed by atoms with Crippen LogP contribution >= 0.6 is 0 Å². The molecular formula is C13H11F2NO4. The number of ether oxygens (including phenoxy) is 2. The number of cyclic esters (lactones) is 2. The SMILES string of the molecule is CC1(C)OC(=O)C(=CNc2cc(F)ccc2F)C(=O)O1. The molecule has 1 saturated heterocycles. The van der Waals surface area contributed by atoms with E-state index in [2.05, 4.69) is 5.32 Å². The highest BCUT2D eigenvalue weighted by atomic mass is 19.1. The highest BCUT2D eigenvalue weighted by molar-refractivity contribution is 6.15. The molecule has 0 radical (unpaired) electrons. The fourth-order valence-corrected chi connectivity index (χ4v) is 1.54. The van der Waals surface area contributed by atoms with Crippen LogP contribution in [0.15, 0.2) is 30.0 Å². The van der Waals surface area contributed by atoms with Crippen LogP contribution in [0.3, 0.4) is 0 Å². The van der Waals surface area contributed by atoms with E-state index in [0.717, 1.165) is 24.4 Å². The minimum atomic E-state index is -1.35. The molecule has 1 N–H and O–H groups in total. The third kappa shape index (κ3) is 2.93. The first-order chi connectivity index (χ1) is 9.28. The molecule has 2 rings (SSSR count). The zero-order valence-electron chi connectivity index (χ0n) is 10.7. The molecule has 1 aromatic rings. The van der Waals surface area contributed by atoms with Crippen LogP contribution in [-0.2, 0) is 19.1 Å². The molecule has 1 aliphatic heterocycles. The van der Waals surface area contributed by atoms with Gasteiger partial charge in [0.2, 0.25) is 0 Å². The average molecular weight is 283 g/mol. The summed E-state index contributed by atoms with van der Waals surface area (Å²) in [6.45, 7) is 2.80. The Morgan fingerprint density at radius 1 is 1.15 bits per heavy atom. The fourth-order valence-electron chi connectivity index (χ4n) is 1.54. The Bertz CT molecular complexity index is 588. The van der Waals surface area contributed by atoms with Gasteiger partial charge in [0.1, 0.15) is 11.6 Å². The summed E-state index contributed by atoms with van der Waals surface area (Å²) >= 11 is 0. The lowest BCUT2D eigenvalue weighted by atomic mass is 10.2. The van der Waals surface area contributed by atoms with Gasteiger partial charge in [0.05, 0.1) is 5.69 Å². The van der Waals surface area contributed by atoms with E-state index in [4.69, 9.17) is 9.47 Å².